The van der Waals surface area contributed by atoms with Gasteiger partial charge in [-0.1, -0.05) is 72.8 Å². The third-order valence-electron chi connectivity index (χ3n) is 12.3. The van der Waals surface area contributed by atoms with Gasteiger partial charge in [0, 0.05) is 45.3 Å². The van der Waals surface area contributed by atoms with Crippen LogP contribution in [-0.4, -0.2) is 48.4 Å². The fraction of sp³-hybridized carbons (Fsp3) is 0.0667. The average molecular weight is 941 g/mol. The van der Waals surface area contributed by atoms with Crippen LogP contribution in [0.3, 0.4) is 0 Å². The minimum atomic E-state index is -0.110. The van der Waals surface area contributed by atoms with Gasteiger partial charge in [-0.15, -0.1) is 0 Å². The van der Waals surface area contributed by atoms with E-state index >= 15 is 0 Å². The highest BCUT2D eigenvalue weighted by Gasteiger charge is 2.20. The smallest absolute Gasteiger partial charge is 0.199 e. The minimum Gasteiger partial charge on any atom is -0.497 e. The van der Waals surface area contributed by atoms with E-state index in [-0.39, 0.29) is 22.7 Å². The zero-order chi connectivity index (χ0) is 49.6. The number of ether oxygens (including phenoxy) is 4. The van der Waals surface area contributed by atoms with Gasteiger partial charge < -0.3 is 28.7 Å². The van der Waals surface area contributed by atoms with Gasteiger partial charge in [0.25, 0.3) is 0 Å². The Morgan fingerprint density at radius 1 is 0.292 bits per heavy atom. The molecule has 0 aliphatic carbocycles. The SMILES string of the molecule is COc1ccc(N(c2ccc(OC)cc2)c2ccc(-c3ccc(-c4nc5nc(C#N)c(C#N)nc5nc4-c4ccc(-c5ccc(N(c6ccc(OC)cc6)c6ccc(OC)cc6)cc5)cc4)cc3)cc2)cc1. The van der Waals surface area contributed by atoms with Crippen LogP contribution in [0.2, 0.25) is 0 Å². The second-order valence-electron chi connectivity index (χ2n) is 16.4. The quantitative estimate of drug-likeness (QED) is 0.102. The first-order valence-electron chi connectivity index (χ1n) is 22.8. The molecular formula is C60H44N8O4. The van der Waals surface area contributed by atoms with Gasteiger partial charge in [0.2, 0.25) is 0 Å². The van der Waals surface area contributed by atoms with Crippen molar-refractivity contribution in [2.45, 2.75) is 0 Å². The fourth-order valence-corrected chi connectivity index (χ4v) is 8.51. The molecule has 0 saturated carbocycles. The summed E-state index contributed by atoms with van der Waals surface area (Å²) >= 11 is 0. The molecule has 0 radical (unpaired) electrons. The summed E-state index contributed by atoms with van der Waals surface area (Å²) in [6.07, 6.45) is 0. The van der Waals surface area contributed by atoms with Crippen molar-refractivity contribution in [3.8, 4) is 79.9 Å². The van der Waals surface area contributed by atoms with Gasteiger partial charge in [-0.2, -0.15) is 10.5 Å². The summed E-state index contributed by atoms with van der Waals surface area (Å²) < 4.78 is 21.8. The Balaban J connectivity index is 0.961. The molecular weight excluding hydrogens is 897 g/mol. The number of hydrogen-bond donors (Lipinski definition) is 0. The zero-order valence-electron chi connectivity index (χ0n) is 39.7. The Labute approximate surface area is 416 Å². The highest BCUT2D eigenvalue weighted by Crippen LogP contribution is 2.40. The molecule has 0 fully saturated rings. The molecule has 0 N–H and O–H groups in total. The van der Waals surface area contributed by atoms with Crippen LogP contribution in [0.5, 0.6) is 23.0 Å². The van der Waals surface area contributed by atoms with Gasteiger partial charge in [0.15, 0.2) is 22.7 Å². The molecule has 2 aromatic heterocycles. The van der Waals surface area contributed by atoms with Crippen LogP contribution in [0.4, 0.5) is 34.1 Å². The summed E-state index contributed by atoms with van der Waals surface area (Å²) in [5.74, 6) is 3.11. The van der Waals surface area contributed by atoms with E-state index in [4.69, 9.17) is 28.9 Å². The molecule has 0 atom stereocenters. The van der Waals surface area contributed by atoms with Gasteiger partial charge in [0.1, 0.15) is 35.1 Å². The maximum Gasteiger partial charge on any atom is 0.199 e. The van der Waals surface area contributed by atoms with E-state index in [0.717, 1.165) is 90.5 Å². The van der Waals surface area contributed by atoms with Crippen molar-refractivity contribution in [2.75, 3.05) is 38.2 Å². The number of anilines is 6. The number of hydrogen-bond acceptors (Lipinski definition) is 12. The van der Waals surface area contributed by atoms with Crippen LogP contribution >= 0.6 is 0 Å². The summed E-state index contributed by atoms with van der Waals surface area (Å²) in [4.78, 5) is 23.1. The third-order valence-corrected chi connectivity index (χ3v) is 12.3. The summed E-state index contributed by atoms with van der Waals surface area (Å²) in [7, 11) is 6.63. The Morgan fingerprint density at radius 3 is 0.722 bits per heavy atom. The molecule has 348 valence electrons. The van der Waals surface area contributed by atoms with E-state index in [1.54, 1.807) is 28.4 Å². The Morgan fingerprint density at radius 2 is 0.500 bits per heavy atom. The Bertz CT molecular complexity index is 3260. The van der Waals surface area contributed by atoms with E-state index in [2.05, 4.69) is 68.3 Å². The molecule has 12 nitrogen and oxygen atoms in total. The molecule has 0 unspecified atom stereocenters. The van der Waals surface area contributed by atoms with Crippen molar-refractivity contribution in [1.82, 2.24) is 19.9 Å². The molecule has 0 saturated heterocycles. The zero-order valence-corrected chi connectivity index (χ0v) is 39.7. The predicted molar refractivity (Wildman–Crippen MR) is 282 cm³/mol. The number of benzene rings is 8. The molecule has 72 heavy (non-hydrogen) atoms. The molecule has 0 spiro atoms. The Hall–Kier alpha value is -10.0. The van der Waals surface area contributed by atoms with E-state index < -0.39 is 0 Å². The second kappa shape index (κ2) is 20.3. The van der Waals surface area contributed by atoms with Crippen LogP contribution < -0.4 is 28.7 Å². The first kappa shape index (κ1) is 45.7. The van der Waals surface area contributed by atoms with Crippen molar-refractivity contribution < 1.29 is 18.9 Å². The largest absolute Gasteiger partial charge is 0.497 e. The van der Waals surface area contributed by atoms with Crippen molar-refractivity contribution in [2.24, 2.45) is 0 Å². The molecule has 0 aliphatic rings. The van der Waals surface area contributed by atoms with Gasteiger partial charge in [-0.25, -0.2) is 19.9 Å². The molecule has 8 aromatic carbocycles. The molecule has 10 rings (SSSR count). The van der Waals surface area contributed by atoms with Gasteiger partial charge in [-0.3, -0.25) is 0 Å². The summed E-state index contributed by atoms with van der Waals surface area (Å²) in [6, 6.07) is 68.8. The Kier molecular flexibility index (Phi) is 12.9. The van der Waals surface area contributed by atoms with Crippen LogP contribution in [-0.2, 0) is 0 Å². The molecule has 12 heteroatoms. The monoisotopic (exact) mass is 940 g/mol. The number of rotatable bonds is 14. The number of nitriles is 2. The topological polar surface area (TPSA) is 143 Å². The molecule has 0 aliphatic heterocycles. The van der Waals surface area contributed by atoms with E-state index in [1.807, 2.05) is 158 Å². The first-order chi connectivity index (χ1) is 35.4. The lowest BCUT2D eigenvalue weighted by atomic mass is 9.98. The minimum absolute atomic E-state index is 0.110. The van der Waals surface area contributed by atoms with Crippen molar-refractivity contribution in [1.29, 1.82) is 10.5 Å². The van der Waals surface area contributed by atoms with Crippen molar-refractivity contribution >= 4 is 45.4 Å². The maximum absolute atomic E-state index is 9.80. The normalized spacial score (nSPS) is 10.8. The molecule has 2 heterocycles. The molecule has 10 aromatic rings. The number of nitrogens with zero attached hydrogens (tertiary/aromatic N) is 8. The van der Waals surface area contributed by atoms with Gasteiger partial charge in [-0.05, 0) is 144 Å². The highest BCUT2D eigenvalue weighted by molar-refractivity contribution is 5.86. The van der Waals surface area contributed by atoms with E-state index in [9.17, 15) is 10.5 Å². The van der Waals surface area contributed by atoms with E-state index in [1.165, 1.54) is 0 Å². The number of methoxy groups -OCH3 is 4. The van der Waals surface area contributed by atoms with Crippen LogP contribution in [0.25, 0.3) is 56.1 Å². The summed E-state index contributed by atoms with van der Waals surface area (Å²) in [6.45, 7) is 0. The first-order valence-corrected chi connectivity index (χ1v) is 22.8. The molecule has 0 amide bonds. The van der Waals surface area contributed by atoms with Crippen LogP contribution in [0.1, 0.15) is 11.4 Å². The van der Waals surface area contributed by atoms with Gasteiger partial charge >= 0.3 is 0 Å². The van der Waals surface area contributed by atoms with Crippen LogP contribution in [0, 0.1) is 22.7 Å². The maximum atomic E-state index is 9.80. The molecule has 0 bridgehead atoms. The number of aromatic nitrogens is 4. The third kappa shape index (κ3) is 9.27. The van der Waals surface area contributed by atoms with Crippen LogP contribution in [0.15, 0.2) is 194 Å². The summed E-state index contributed by atoms with van der Waals surface area (Å²) in [5.41, 5.74) is 12.7. The highest BCUT2D eigenvalue weighted by atomic mass is 16.5. The van der Waals surface area contributed by atoms with E-state index in [0.29, 0.717) is 11.4 Å². The lowest BCUT2D eigenvalue weighted by molar-refractivity contribution is 0.414. The summed E-state index contributed by atoms with van der Waals surface area (Å²) in [5, 5.41) is 19.6. The van der Waals surface area contributed by atoms with Gasteiger partial charge in [0.05, 0.1) is 39.8 Å². The second-order valence-corrected chi connectivity index (χ2v) is 16.4. The van der Waals surface area contributed by atoms with Crippen molar-refractivity contribution in [3.63, 3.8) is 0 Å². The number of fused-ring (bicyclic) bond motifs is 1. The average Bonchev–Trinajstić information content (AvgIpc) is 3.45. The fourth-order valence-electron chi connectivity index (χ4n) is 8.51. The predicted octanol–water partition coefficient (Wildman–Crippen LogP) is 13.8. The standard InChI is InChI=1S/C60H44N8O4/c1-69-51-29-21-47(22-30-51)67(48-23-31-52(70-2)32-24-48)45-17-13-41(14-18-45)39-5-9-43(10-6-39)57-58(66-60-59(65-57)63-55(37-61)56(38-62)64-60)44-11-7-40(8-12-44)42-15-19-46(20-16-42)68(49-25-33-53(71-3)34-26-49)50-27-35-54(72-4)36-28-50/h5-36H,1-4H3. The lowest BCUT2D eigenvalue weighted by Gasteiger charge is -2.26. The lowest BCUT2D eigenvalue weighted by Crippen LogP contribution is -2.09. The van der Waals surface area contributed by atoms with Crippen molar-refractivity contribution in [3.05, 3.63) is 206 Å².